The van der Waals surface area contributed by atoms with Gasteiger partial charge in [0.25, 0.3) is 5.91 Å². The summed E-state index contributed by atoms with van der Waals surface area (Å²) in [5, 5.41) is 3.62. The first-order chi connectivity index (χ1) is 11.0. The highest BCUT2D eigenvalue weighted by Gasteiger charge is 2.21. The molecule has 2 rings (SSSR count). The zero-order valence-corrected chi connectivity index (χ0v) is 14.3. The number of carbonyl (C=O) groups is 2. The van der Waals surface area contributed by atoms with Crippen LogP contribution in [0.15, 0.2) is 18.2 Å². The van der Waals surface area contributed by atoms with Gasteiger partial charge in [0.15, 0.2) is 12.7 Å². The molecule has 0 radical (unpaired) electrons. The maximum atomic E-state index is 11.9. The molecule has 0 spiro atoms. The Kier molecular flexibility index (Phi) is 6.54. The van der Waals surface area contributed by atoms with E-state index >= 15 is 0 Å². The molecule has 1 atom stereocenters. The highest BCUT2D eigenvalue weighted by Crippen LogP contribution is 2.28. The van der Waals surface area contributed by atoms with Gasteiger partial charge in [0.1, 0.15) is 5.75 Å². The lowest BCUT2D eigenvalue weighted by Crippen LogP contribution is -2.37. The Morgan fingerprint density at radius 1 is 1.30 bits per heavy atom. The van der Waals surface area contributed by atoms with Crippen LogP contribution in [0.25, 0.3) is 0 Å². The van der Waals surface area contributed by atoms with E-state index in [-0.39, 0.29) is 18.6 Å². The number of carbonyl (C=O) groups excluding carboxylic acids is 2. The summed E-state index contributed by atoms with van der Waals surface area (Å²) in [5.41, 5.74) is 0. The van der Waals surface area contributed by atoms with Crippen LogP contribution in [-0.2, 0) is 14.3 Å². The van der Waals surface area contributed by atoms with Crippen LogP contribution < -0.4 is 10.1 Å². The first-order valence-electron chi connectivity index (χ1n) is 7.53. The quantitative estimate of drug-likeness (QED) is 0.790. The Labute approximate surface area is 145 Å². The number of benzene rings is 1. The largest absolute Gasteiger partial charge is 0.477 e. The number of amides is 1. The molecule has 0 heterocycles. The highest BCUT2D eigenvalue weighted by molar-refractivity contribution is 6.35. The van der Waals surface area contributed by atoms with E-state index in [4.69, 9.17) is 32.7 Å². The van der Waals surface area contributed by atoms with Crippen molar-refractivity contribution in [2.45, 2.75) is 44.8 Å². The van der Waals surface area contributed by atoms with Gasteiger partial charge in [-0.05, 0) is 38.0 Å². The fourth-order valence-corrected chi connectivity index (χ4v) is 2.86. The molecule has 1 saturated carbocycles. The fourth-order valence-electron chi connectivity index (χ4n) is 2.40. The number of ether oxygens (including phenoxy) is 2. The van der Waals surface area contributed by atoms with Crippen LogP contribution in [-0.4, -0.2) is 30.6 Å². The highest BCUT2D eigenvalue weighted by atomic mass is 35.5. The molecule has 1 aromatic carbocycles. The summed E-state index contributed by atoms with van der Waals surface area (Å²) in [5.74, 6) is -0.588. The number of rotatable bonds is 6. The van der Waals surface area contributed by atoms with Crippen molar-refractivity contribution < 1.29 is 19.1 Å². The topological polar surface area (TPSA) is 64.6 Å². The van der Waals surface area contributed by atoms with Crippen molar-refractivity contribution in [2.75, 3.05) is 6.61 Å². The average molecular weight is 360 g/mol. The van der Waals surface area contributed by atoms with Gasteiger partial charge in [-0.2, -0.15) is 0 Å². The second-order valence-electron chi connectivity index (χ2n) is 5.49. The Morgan fingerprint density at radius 3 is 2.65 bits per heavy atom. The van der Waals surface area contributed by atoms with E-state index in [0.29, 0.717) is 15.8 Å². The van der Waals surface area contributed by atoms with Crippen LogP contribution >= 0.6 is 23.2 Å². The van der Waals surface area contributed by atoms with E-state index in [9.17, 15) is 9.59 Å². The van der Waals surface area contributed by atoms with Gasteiger partial charge in [0, 0.05) is 11.1 Å². The molecule has 1 amide bonds. The molecule has 1 fully saturated rings. The minimum absolute atomic E-state index is 0.197. The lowest BCUT2D eigenvalue weighted by molar-refractivity contribution is -0.154. The van der Waals surface area contributed by atoms with Gasteiger partial charge in [0.2, 0.25) is 0 Å². The number of esters is 1. The fraction of sp³-hybridized carbons (Fsp3) is 0.500. The molecule has 0 bridgehead atoms. The lowest BCUT2D eigenvalue weighted by atomic mass is 10.2. The summed E-state index contributed by atoms with van der Waals surface area (Å²) in [6.45, 7) is 1.22. The standard InChI is InChI=1S/C16H19Cl2NO4/c1-10(23-14-7-6-11(17)8-13(14)18)16(21)22-9-15(20)19-12-4-2-3-5-12/h6-8,10,12H,2-5,9H2,1H3,(H,19,20). The Bertz CT molecular complexity index is 573. The van der Waals surface area contributed by atoms with Gasteiger partial charge in [0.05, 0.1) is 5.02 Å². The van der Waals surface area contributed by atoms with Crippen molar-refractivity contribution in [1.29, 1.82) is 0 Å². The van der Waals surface area contributed by atoms with E-state index in [1.807, 2.05) is 0 Å². The molecule has 1 aromatic rings. The Hall–Kier alpha value is -1.46. The van der Waals surface area contributed by atoms with Crippen molar-refractivity contribution in [1.82, 2.24) is 5.32 Å². The van der Waals surface area contributed by atoms with Crippen molar-refractivity contribution in [3.63, 3.8) is 0 Å². The van der Waals surface area contributed by atoms with E-state index in [2.05, 4.69) is 5.32 Å². The molecule has 0 saturated heterocycles. The zero-order valence-electron chi connectivity index (χ0n) is 12.8. The van der Waals surface area contributed by atoms with Gasteiger partial charge in [-0.3, -0.25) is 4.79 Å². The first-order valence-corrected chi connectivity index (χ1v) is 8.29. The molecule has 1 aliphatic rings. The van der Waals surface area contributed by atoms with Gasteiger partial charge < -0.3 is 14.8 Å². The van der Waals surface area contributed by atoms with E-state index in [1.165, 1.54) is 13.0 Å². The second kappa shape index (κ2) is 8.41. The summed E-state index contributed by atoms with van der Waals surface area (Å²) < 4.78 is 10.4. The number of nitrogens with one attached hydrogen (secondary N) is 1. The summed E-state index contributed by atoms with van der Waals surface area (Å²) in [6, 6.07) is 4.89. The molecule has 0 aliphatic heterocycles. The van der Waals surface area contributed by atoms with Gasteiger partial charge in [-0.25, -0.2) is 4.79 Å². The zero-order chi connectivity index (χ0) is 16.8. The van der Waals surface area contributed by atoms with Crippen molar-refractivity contribution in [2.24, 2.45) is 0 Å². The summed E-state index contributed by atoms with van der Waals surface area (Å²) in [4.78, 5) is 23.6. The van der Waals surface area contributed by atoms with Crippen molar-refractivity contribution >= 4 is 35.1 Å². The number of hydrogen-bond acceptors (Lipinski definition) is 4. The molecule has 7 heteroatoms. The molecule has 0 aromatic heterocycles. The van der Waals surface area contributed by atoms with Crippen LogP contribution in [0, 0.1) is 0 Å². The number of halogens is 2. The van der Waals surface area contributed by atoms with E-state index in [1.54, 1.807) is 12.1 Å². The smallest absolute Gasteiger partial charge is 0.347 e. The van der Waals surface area contributed by atoms with Crippen LogP contribution in [0.2, 0.25) is 10.0 Å². The van der Waals surface area contributed by atoms with Crippen LogP contribution in [0.3, 0.4) is 0 Å². The maximum absolute atomic E-state index is 11.9. The van der Waals surface area contributed by atoms with Crippen LogP contribution in [0.4, 0.5) is 0 Å². The third-order valence-corrected chi connectivity index (χ3v) is 4.13. The third kappa shape index (κ3) is 5.59. The SMILES string of the molecule is CC(Oc1ccc(Cl)cc1Cl)C(=O)OCC(=O)NC1CCCC1. The van der Waals surface area contributed by atoms with Crippen molar-refractivity contribution in [3.05, 3.63) is 28.2 Å². The van der Waals surface area contributed by atoms with Crippen LogP contribution in [0.5, 0.6) is 5.75 Å². The molecule has 5 nitrogen and oxygen atoms in total. The van der Waals surface area contributed by atoms with Crippen molar-refractivity contribution in [3.8, 4) is 5.75 Å². The first kappa shape index (κ1) is 17.9. The summed E-state index contributed by atoms with van der Waals surface area (Å²) in [6.07, 6.45) is 3.32. The lowest BCUT2D eigenvalue weighted by Gasteiger charge is -2.16. The molecule has 23 heavy (non-hydrogen) atoms. The monoisotopic (exact) mass is 359 g/mol. The van der Waals surface area contributed by atoms with Gasteiger partial charge in [-0.1, -0.05) is 36.0 Å². The summed E-state index contributed by atoms with van der Waals surface area (Å²) >= 11 is 11.8. The Balaban J connectivity index is 1.76. The maximum Gasteiger partial charge on any atom is 0.347 e. The molecule has 126 valence electrons. The molecule has 1 aliphatic carbocycles. The predicted octanol–water partition coefficient (Wildman–Crippen LogP) is 3.36. The van der Waals surface area contributed by atoms with E-state index < -0.39 is 12.1 Å². The Morgan fingerprint density at radius 2 is 2.00 bits per heavy atom. The average Bonchev–Trinajstić information content (AvgIpc) is 3.00. The molecule has 1 N–H and O–H groups in total. The minimum Gasteiger partial charge on any atom is -0.477 e. The van der Waals surface area contributed by atoms with Gasteiger partial charge in [-0.15, -0.1) is 0 Å². The predicted molar refractivity (Wildman–Crippen MR) is 87.9 cm³/mol. The van der Waals surface area contributed by atoms with Crippen LogP contribution in [0.1, 0.15) is 32.6 Å². The third-order valence-electron chi connectivity index (χ3n) is 3.60. The molecular formula is C16H19Cl2NO4. The molecular weight excluding hydrogens is 341 g/mol. The minimum atomic E-state index is -0.882. The second-order valence-corrected chi connectivity index (χ2v) is 6.34. The van der Waals surface area contributed by atoms with Gasteiger partial charge >= 0.3 is 5.97 Å². The van der Waals surface area contributed by atoms with E-state index in [0.717, 1.165) is 25.7 Å². The number of hydrogen-bond donors (Lipinski definition) is 1. The normalized spacial score (nSPS) is 16.0. The summed E-state index contributed by atoms with van der Waals surface area (Å²) in [7, 11) is 0. The molecule has 1 unspecified atom stereocenters.